The molecule has 94 valence electrons. The van der Waals surface area contributed by atoms with E-state index in [1.807, 2.05) is 0 Å². The van der Waals surface area contributed by atoms with Gasteiger partial charge in [0.15, 0.2) is 0 Å². The van der Waals surface area contributed by atoms with Crippen molar-refractivity contribution in [2.24, 2.45) is 5.73 Å². The summed E-state index contributed by atoms with van der Waals surface area (Å²) in [5.41, 5.74) is 10.4. The molecular weight excluding hydrogens is 208 g/mol. The molecule has 1 aromatic carbocycles. The van der Waals surface area contributed by atoms with E-state index in [2.05, 4.69) is 44.3 Å². The summed E-state index contributed by atoms with van der Waals surface area (Å²) < 4.78 is 0. The molecule has 3 N–H and O–H groups in total. The fraction of sp³-hybridized carbons (Fsp3) is 0.600. The first-order valence-electron chi connectivity index (χ1n) is 6.59. The minimum Gasteiger partial charge on any atom is -0.324 e. The molecule has 1 aromatic rings. The highest BCUT2D eigenvalue weighted by atomic mass is 15.0. The van der Waals surface area contributed by atoms with Gasteiger partial charge in [0.05, 0.1) is 0 Å². The number of nitrogens with two attached hydrogens (primary N) is 1. The maximum Gasteiger partial charge on any atom is 0.0282 e. The van der Waals surface area contributed by atoms with Gasteiger partial charge in [0, 0.05) is 18.6 Å². The fourth-order valence-electron chi connectivity index (χ4n) is 2.02. The summed E-state index contributed by atoms with van der Waals surface area (Å²) in [7, 11) is 0. The molecule has 0 aromatic heterocycles. The monoisotopic (exact) mass is 232 g/mol. The molecule has 0 aliphatic heterocycles. The van der Waals surface area contributed by atoms with Crippen molar-refractivity contribution in [1.82, 2.24) is 5.32 Å². The van der Waals surface area contributed by atoms with Crippen LogP contribution in [0.3, 0.4) is 0 Å². The Bertz CT molecular complexity index is 392. The minimum atomic E-state index is 0.101. The van der Waals surface area contributed by atoms with Gasteiger partial charge in [-0.2, -0.15) is 0 Å². The molecule has 1 aliphatic carbocycles. The number of hydrogen-bond acceptors (Lipinski definition) is 2. The smallest absolute Gasteiger partial charge is 0.0282 e. The first kappa shape index (κ1) is 12.6. The Morgan fingerprint density at radius 2 is 2.06 bits per heavy atom. The summed E-state index contributed by atoms with van der Waals surface area (Å²) in [6.07, 6.45) is 2.34. The SMILES string of the molecule is Cc1ccc(C(C)C)cc1CNCC1(N)CC1. The van der Waals surface area contributed by atoms with Gasteiger partial charge in [-0.1, -0.05) is 32.0 Å². The molecule has 2 nitrogen and oxygen atoms in total. The highest BCUT2D eigenvalue weighted by molar-refractivity contribution is 5.32. The molecule has 1 aliphatic rings. The lowest BCUT2D eigenvalue weighted by molar-refractivity contribution is 0.568. The molecule has 0 spiro atoms. The van der Waals surface area contributed by atoms with Crippen molar-refractivity contribution in [1.29, 1.82) is 0 Å². The second-order valence-electron chi connectivity index (χ2n) is 5.81. The molecule has 0 atom stereocenters. The number of hydrogen-bond donors (Lipinski definition) is 2. The molecule has 0 unspecified atom stereocenters. The second kappa shape index (κ2) is 4.79. The van der Waals surface area contributed by atoms with Crippen molar-refractivity contribution in [3.05, 3.63) is 34.9 Å². The molecule has 0 bridgehead atoms. The third-order valence-corrected chi connectivity index (χ3v) is 3.72. The van der Waals surface area contributed by atoms with Gasteiger partial charge >= 0.3 is 0 Å². The minimum absolute atomic E-state index is 0.101. The Balaban J connectivity index is 1.96. The van der Waals surface area contributed by atoms with Gasteiger partial charge in [0.2, 0.25) is 0 Å². The number of aryl methyl sites for hydroxylation is 1. The average molecular weight is 232 g/mol. The van der Waals surface area contributed by atoms with Crippen molar-refractivity contribution < 1.29 is 0 Å². The van der Waals surface area contributed by atoms with Gasteiger partial charge in [-0.3, -0.25) is 0 Å². The lowest BCUT2D eigenvalue weighted by Crippen LogP contribution is -2.35. The zero-order valence-electron chi connectivity index (χ0n) is 11.2. The third-order valence-electron chi connectivity index (χ3n) is 3.72. The molecule has 1 fully saturated rings. The Morgan fingerprint density at radius 3 is 2.65 bits per heavy atom. The molecule has 2 heteroatoms. The predicted molar refractivity (Wildman–Crippen MR) is 73.1 cm³/mol. The van der Waals surface area contributed by atoms with Crippen molar-refractivity contribution in [3.8, 4) is 0 Å². The number of benzene rings is 1. The van der Waals surface area contributed by atoms with E-state index in [-0.39, 0.29) is 5.54 Å². The van der Waals surface area contributed by atoms with Crippen LogP contribution in [-0.2, 0) is 6.54 Å². The van der Waals surface area contributed by atoms with Crippen molar-refractivity contribution >= 4 is 0 Å². The number of nitrogens with one attached hydrogen (secondary N) is 1. The summed E-state index contributed by atoms with van der Waals surface area (Å²) in [6.45, 7) is 8.53. The lowest BCUT2D eigenvalue weighted by atomic mass is 9.98. The number of rotatable bonds is 5. The molecule has 1 saturated carbocycles. The van der Waals surface area contributed by atoms with Crippen LogP contribution in [0.25, 0.3) is 0 Å². The van der Waals surface area contributed by atoms with Gasteiger partial charge in [-0.25, -0.2) is 0 Å². The van der Waals surface area contributed by atoms with Gasteiger partial charge < -0.3 is 11.1 Å². The van der Waals surface area contributed by atoms with Crippen molar-refractivity contribution in [3.63, 3.8) is 0 Å². The third kappa shape index (κ3) is 3.30. The molecule has 0 heterocycles. The Morgan fingerprint density at radius 1 is 1.35 bits per heavy atom. The maximum absolute atomic E-state index is 6.06. The van der Waals surface area contributed by atoms with Gasteiger partial charge in [-0.15, -0.1) is 0 Å². The lowest BCUT2D eigenvalue weighted by Gasteiger charge is -2.14. The summed E-state index contributed by atoms with van der Waals surface area (Å²) in [5.74, 6) is 0.596. The molecular formula is C15H24N2. The van der Waals surface area contributed by atoms with Gasteiger partial charge in [0.25, 0.3) is 0 Å². The first-order chi connectivity index (χ1) is 8.00. The van der Waals surface area contributed by atoms with E-state index in [9.17, 15) is 0 Å². The fourth-order valence-corrected chi connectivity index (χ4v) is 2.02. The van der Waals surface area contributed by atoms with Gasteiger partial charge in [0.1, 0.15) is 0 Å². The van der Waals surface area contributed by atoms with E-state index in [1.54, 1.807) is 0 Å². The molecule has 0 saturated heterocycles. The first-order valence-corrected chi connectivity index (χ1v) is 6.59. The second-order valence-corrected chi connectivity index (χ2v) is 5.81. The quantitative estimate of drug-likeness (QED) is 0.819. The average Bonchev–Trinajstić information content (AvgIpc) is 2.99. The Kier molecular flexibility index (Phi) is 3.55. The van der Waals surface area contributed by atoms with E-state index >= 15 is 0 Å². The van der Waals surface area contributed by atoms with Crippen molar-refractivity contribution in [2.45, 2.75) is 51.6 Å². The molecule has 17 heavy (non-hydrogen) atoms. The van der Waals surface area contributed by atoms with E-state index in [0.29, 0.717) is 5.92 Å². The van der Waals surface area contributed by atoms with Crippen LogP contribution >= 0.6 is 0 Å². The molecule has 2 rings (SSSR count). The maximum atomic E-state index is 6.06. The van der Waals surface area contributed by atoms with E-state index in [0.717, 1.165) is 13.1 Å². The Labute approximate surface area is 105 Å². The molecule has 0 radical (unpaired) electrons. The van der Waals surface area contributed by atoms with E-state index in [4.69, 9.17) is 5.73 Å². The van der Waals surface area contributed by atoms with Crippen LogP contribution in [0.2, 0.25) is 0 Å². The normalized spacial score (nSPS) is 17.5. The van der Waals surface area contributed by atoms with Crippen molar-refractivity contribution in [2.75, 3.05) is 6.54 Å². The standard InChI is InChI=1S/C15H24N2/c1-11(2)13-5-4-12(3)14(8-13)9-17-10-15(16)6-7-15/h4-5,8,11,17H,6-7,9-10,16H2,1-3H3. The van der Waals surface area contributed by atoms with Crippen LogP contribution in [0.5, 0.6) is 0 Å². The summed E-state index contributed by atoms with van der Waals surface area (Å²) in [5, 5.41) is 3.49. The predicted octanol–water partition coefficient (Wildman–Crippen LogP) is 2.70. The van der Waals surface area contributed by atoms with E-state index in [1.165, 1.54) is 29.5 Å². The topological polar surface area (TPSA) is 38.0 Å². The highest BCUT2D eigenvalue weighted by Gasteiger charge is 2.37. The van der Waals surface area contributed by atoms with Crippen LogP contribution in [0.1, 0.15) is 49.3 Å². The molecule has 0 amide bonds. The Hall–Kier alpha value is -0.860. The van der Waals surface area contributed by atoms with E-state index < -0.39 is 0 Å². The zero-order valence-corrected chi connectivity index (χ0v) is 11.2. The van der Waals surface area contributed by atoms with Crippen LogP contribution < -0.4 is 11.1 Å². The summed E-state index contributed by atoms with van der Waals surface area (Å²) in [6, 6.07) is 6.78. The highest BCUT2D eigenvalue weighted by Crippen LogP contribution is 2.31. The largest absolute Gasteiger partial charge is 0.324 e. The van der Waals surface area contributed by atoms with Gasteiger partial charge in [-0.05, 0) is 42.4 Å². The van der Waals surface area contributed by atoms with Crippen LogP contribution in [0.15, 0.2) is 18.2 Å². The van der Waals surface area contributed by atoms with Crippen LogP contribution in [0.4, 0.5) is 0 Å². The summed E-state index contributed by atoms with van der Waals surface area (Å²) in [4.78, 5) is 0. The summed E-state index contributed by atoms with van der Waals surface area (Å²) >= 11 is 0. The van der Waals surface area contributed by atoms with Crippen LogP contribution in [-0.4, -0.2) is 12.1 Å². The zero-order chi connectivity index (χ0) is 12.5. The van der Waals surface area contributed by atoms with Crippen LogP contribution in [0, 0.1) is 6.92 Å².